The van der Waals surface area contributed by atoms with Gasteiger partial charge in [-0.25, -0.2) is 0 Å². The number of nitrogens with zero attached hydrogens (tertiary/aromatic N) is 2. The molecule has 1 unspecified atom stereocenters. The van der Waals surface area contributed by atoms with E-state index >= 15 is 0 Å². The molecule has 178 valence electrons. The van der Waals surface area contributed by atoms with E-state index in [4.69, 9.17) is 11.5 Å². The highest BCUT2D eigenvalue weighted by Gasteiger charge is 2.36. The summed E-state index contributed by atoms with van der Waals surface area (Å²) in [5, 5.41) is 3.16. The second-order valence-electron chi connectivity index (χ2n) is 8.75. The lowest BCUT2D eigenvalue weighted by molar-refractivity contribution is -0.123. The van der Waals surface area contributed by atoms with Crippen LogP contribution in [0.15, 0.2) is 18.2 Å². The number of carbonyl (C=O) groups is 3. The number of nitrogens with one attached hydrogen (secondary N) is 1. The van der Waals surface area contributed by atoms with Crippen LogP contribution in [0.25, 0.3) is 0 Å². The third-order valence-electron chi connectivity index (χ3n) is 6.13. The van der Waals surface area contributed by atoms with Gasteiger partial charge in [-0.15, -0.1) is 0 Å². The van der Waals surface area contributed by atoms with E-state index in [-0.39, 0.29) is 28.2 Å². The first kappa shape index (κ1) is 24.7. The van der Waals surface area contributed by atoms with E-state index in [9.17, 15) is 14.4 Å². The Kier molecular flexibility index (Phi) is 8.07. The molecule has 1 aromatic heterocycles. The number of nitrogen functional groups attached to an aromatic ring is 1. The van der Waals surface area contributed by atoms with Crippen LogP contribution < -0.4 is 21.7 Å². The number of aryl methyl sites for hydroxylation is 2. The van der Waals surface area contributed by atoms with Gasteiger partial charge in [-0.1, -0.05) is 50.3 Å². The Morgan fingerprint density at radius 2 is 1.94 bits per heavy atom. The van der Waals surface area contributed by atoms with Gasteiger partial charge < -0.3 is 16.8 Å². The first-order valence-corrected chi connectivity index (χ1v) is 12.3. The Morgan fingerprint density at radius 3 is 2.52 bits per heavy atom. The van der Waals surface area contributed by atoms with Crippen molar-refractivity contribution in [1.29, 1.82) is 0 Å². The van der Waals surface area contributed by atoms with Crippen molar-refractivity contribution in [3.63, 3.8) is 0 Å². The third kappa shape index (κ3) is 5.52. The summed E-state index contributed by atoms with van der Waals surface area (Å²) in [6.07, 6.45) is 6.27. The molecular formula is C24H33N5O3S. The molecule has 8 nitrogen and oxygen atoms in total. The van der Waals surface area contributed by atoms with Crippen LogP contribution in [0.1, 0.15) is 83.2 Å². The molecule has 1 heterocycles. The number of carbonyl (C=O) groups excluding carboxylic acids is 3. The van der Waals surface area contributed by atoms with Crippen LogP contribution in [0.5, 0.6) is 0 Å². The van der Waals surface area contributed by atoms with E-state index < -0.39 is 17.9 Å². The number of rotatable bonds is 9. The number of hydrogen-bond donors (Lipinski definition) is 3. The van der Waals surface area contributed by atoms with Gasteiger partial charge in [-0.05, 0) is 56.3 Å². The number of benzene rings is 1. The fourth-order valence-electron chi connectivity index (χ4n) is 4.38. The van der Waals surface area contributed by atoms with Crippen molar-refractivity contribution in [2.75, 3.05) is 10.6 Å². The van der Waals surface area contributed by atoms with Gasteiger partial charge >= 0.3 is 0 Å². The summed E-state index contributed by atoms with van der Waals surface area (Å²) >= 11 is 0.832. The fourth-order valence-corrected chi connectivity index (χ4v) is 5.12. The second-order valence-corrected chi connectivity index (χ2v) is 9.52. The summed E-state index contributed by atoms with van der Waals surface area (Å²) in [6, 6.07) is 5.17. The Hall–Kier alpha value is -2.94. The van der Waals surface area contributed by atoms with Gasteiger partial charge in [0.1, 0.15) is 10.9 Å². The molecule has 3 rings (SSSR count). The molecule has 0 spiro atoms. The summed E-state index contributed by atoms with van der Waals surface area (Å²) in [7, 11) is 0. The molecule has 1 atom stereocenters. The molecule has 0 saturated heterocycles. The summed E-state index contributed by atoms with van der Waals surface area (Å²) in [4.78, 5) is 40.7. The van der Waals surface area contributed by atoms with E-state index in [0.29, 0.717) is 12.1 Å². The maximum Gasteiger partial charge on any atom is 0.272 e. The van der Waals surface area contributed by atoms with Gasteiger partial charge in [-0.2, -0.15) is 4.37 Å². The zero-order valence-electron chi connectivity index (χ0n) is 19.5. The van der Waals surface area contributed by atoms with Gasteiger partial charge in [0.2, 0.25) is 5.91 Å². The number of primary amides is 1. The van der Waals surface area contributed by atoms with Crippen LogP contribution in [0.4, 0.5) is 11.4 Å². The van der Waals surface area contributed by atoms with Gasteiger partial charge in [0.05, 0.1) is 5.69 Å². The number of anilines is 2. The first-order chi connectivity index (χ1) is 15.7. The van der Waals surface area contributed by atoms with E-state index in [1.165, 1.54) is 4.90 Å². The summed E-state index contributed by atoms with van der Waals surface area (Å²) in [6.45, 7) is 5.94. The highest BCUT2D eigenvalue weighted by atomic mass is 32.1. The molecule has 1 saturated carbocycles. The topological polar surface area (TPSA) is 131 Å². The zero-order chi connectivity index (χ0) is 24.1. The molecule has 0 radical (unpaired) electrons. The molecule has 1 aliphatic rings. The molecule has 2 aromatic rings. The lowest BCUT2D eigenvalue weighted by atomic mass is 10.0. The molecule has 33 heavy (non-hydrogen) atoms. The van der Waals surface area contributed by atoms with Crippen LogP contribution in [0.3, 0.4) is 0 Å². The third-order valence-corrected chi connectivity index (χ3v) is 6.98. The van der Waals surface area contributed by atoms with Gasteiger partial charge in [-0.3, -0.25) is 19.3 Å². The molecule has 0 aliphatic heterocycles. The van der Waals surface area contributed by atoms with Crippen molar-refractivity contribution in [2.45, 2.75) is 77.8 Å². The van der Waals surface area contributed by atoms with Gasteiger partial charge in [0.15, 0.2) is 5.69 Å². The van der Waals surface area contributed by atoms with Crippen molar-refractivity contribution >= 4 is 40.6 Å². The molecule has 1 aliphatic carbocycles. The van der Waals surface area contributed by atoms with E-state index in [1.807, 2.05) is 32.0 Å². The number of aromatic nitrogens is 1. The minimum atomic E-state index is -0.789. The Morgan fingerprint density at radius 1 is 1.24 bits per heavy atom. The fraction of sp³-hybridized carbons (Fsp3) is 0.500. The van der Waals surface area contributed by atoms with Gasteiger partial charge in [0.25, 0.3) is 11.8 Å². The van der Waals surface area contributed by atoms with Crippen LogP contribution in [0, 0.1) is 13.8 Å². The number of unbranched alkanes of at least 4 members (excludes halogenated alkanes) is 1. The Balaban J connectivity index is 2.07. The van der Waals surface area contributed by atoms with Crippen LogP contribution in [-0.4, -0.2) is 34.2 Å². The maximum atomic E-state index is 13.9. The minimum absolute atomic E-state index is 0.0438. The predicted molar refractivity (Wildman–Crippen MR) is 131 cm³/mol. The first-order valence-electron chi connectivity index (χ1n) is 11.5. The lowest BCUT2D eigenvalue weighted by Crippen LogP contribution is -2.52. The molecule has 1 fully saturated rings. The highest BCUT2D eigenvalue weighted by molar-refractivity contribution is 7.09. The van der Waals surface area contributed by atoms with E-state index in [1.54, 1.807) is 0 Å². The monoisotopic (exact) mass is 471 g/mol. The lowest BCUT2D eigenvalue weighted by Gasteiger charge is -2.33. The van der Waals surface area contributed by atoms with Crippen molar-refractivity contribution in [1.82, 2.24) is 9.69 Å². The maximum absolute atomic E-state index is 13.9. The predicted octanol–water partition coefficient (Wildman–Crippen LogP) is 3.71. The second kappa shape index (κ2) is 10.8. The molecule has 3 amide bonds. The zero-order valence-corrected chi connectivity index (χ0v) is 20.3. The number of nitrogens with two attached hydrogens (primary N) is 2. The summed E-state index contributed by atoms with van der Waals surface area (Å²) in [5.74, 6) is -1.41. The Bertz CT molecular complexity index is 1030. The SMILES string of the molecule is CCCCC(C(=O)NC1CCCC1)N(C(=O)c1snc(C(N)=O)c1N)c1ccc(C)cc1C. The average molecular weight is 472 g/mol. The normalized spacial score (nSPS) is 14.8. The van der Waals surface area contributed by atoms with Crippen LogP contribution >= 0.6 is 11.5 Å². The molecule has 1 aromatic carbocycles. The number of amides is 3. The standard InChI is InChI=1S/C24H33N5O3S/c1-4-5-10-18(23(31)27-16-8-6-7-9-16)29(17-12-11-14(2)13-15(17)3)24(32)21-19(25)20(22(26)30)28-33-21/h11-13,16,18H,4-10,25H2,1-3H3,(H2,26,30)(H,27,31). The van der Waals surface area contributed by atoms with Crippen LogP contribution in [-0.2, 0) is 4.79 Å². The van der Waals surface area contributed by atoms with Crippen LogP contribution in [0.2, 0.25) is 0 Å². The van der Waals surface area contributed by atoms with Crippen molar-refractivity contribution < 1.29 is 14.4 Å². The molecular weight excluding hydrogens is 438 g/mol. The van der Waals surface area contributed by atoms with Crippen molar-refractivity contribution in [3.8, 4) is 0 Å². The van der Waals surface area contributed by atoms with E-state index in [0.717, 1.165) is 61.2 Å². The molecule has 5 N–H and O–H groups in total. The van der Waals surface area contributed by atoms with Crippen molar-refractivity contribution in [2.24, 2.45) is 5.73 Å². The molecule has 9 heteroatoms. The van der Waals surface area contributed by atoms with E-state index in [2.05, 4.69) is 16.6 Å². The minimum Gasteiger partial charge on any atom is -0.395 e. The average Bonchev–Trinajstić information content (AvgIpc) is 3.41. The largest absolute Gasteiger partial charge is 0.395 e. The summed E-state index contributed by atoms with van der Waals surface area (Å²) < 4.78 is 3.99. The quantitative estimate of drug-likeness (QED) is 0.513. The summed E-state index contributed by atoms with van der Waals surface area (Å²) in [5.41, 5.74) is 13.8. The molecule has 0 bridgehead atoms. The number of hydrogen-bond acceptors (Lipinski definition) is 6. The van der Waals surface area contributed by atoms with Gasteiger partial charge in [0, 0.05) is 11.7 Å². The highest BCUT2D eigenvalue weighted by Crippen LogP contribution is 2.31. The Labute approximate surface area is 198 Å². The smallest absolute Gasteiger partial charge is 0.272 e. The van der Waals surface area contributed by atoms with Crippen molar-refractivity contribution in [3.05, 3.63) is 39.9 Å².